The summed E-state index contributed by atoms with van der Waals surface area (Å²) in [6.45, 7) is 4.52. The number of halogens is 3. The minimum atomic E-state index is -4.76. The molecule has 1 amide bonds. The van der Waals surface area contributed by atoms with Gasteiger partial charge in [-0.25, -0.2) is 4.72 Å². The van der Waals surface area contributed by atoms with Crippen LogP contribution >= 0.6 is 11.9 Å². The summed E-state index contributed by atoms with van der Waals surface area (Å²) in [4.78, 5) is 13.8. The number of benzene rings is 1. The van der Waals surface area contributed by atoms with Crippen molar-refractivity contribution in [3.63, 3.8) is 0 Å². The van der Waals surface area contributed by atoms with E-state index in [-0.39, 0.29) is 17.7 Å². The molecule has 3 aliphatic carbocycles. The number of ether oxygens (including phenoxy) is 1. The zero-order valence-electron chi connectivity index (χ0n) is 18.7. The smallest absolute Gasteiger partial charge is 0.405 e. The van der Waals surface area contributed by atoms with Gasteiger partial charge >= 0.3 is 6.36 Å². The number of carbonyl (C=O) groups excluding carboxylic acids is 1. The van der Waals surface area contributed by atoms with Crippen molar-refractivity contribution in [3.8, 4) is 5.75 Å². The molecule has 0 spiro atoms. The molecule has 3 saturated carbocycles. The highest BCUT2D eigenvalue weighted by atomic mass is 32.2. The molecule has 1 aromatic rings. The van der Waals surface area contributed by atoms with Crippen LogP contribution in [0.15, 0.2) is 29.2 Å². The minimum absolute atomic E-state index is 0.00871. The molecule has 0 radical (unpaired) electrons. The van der Waals surface area contributed by atoms with Crippen LogP contribution in [0.4, 0.5) is 13.2 Å². The largest absolute Gasteiger partial charge is 0.573 e. The summed E-state index contributed by atoms with van der Waals surface area (Å²) in [6.07, 6.45) is 3.43. The maximum Gasteiger partial charge on any atom is 0.573 e. The van der Waals surface area contributed by atoms with E-state index in [2.05, 4.69) is 28.6 Å². The number of hydrogen-bond donors (Lipinski definition) is 2. The van der Waals surface area contributed by atoms with Gasteiger partial charge in [0.2, 0.25) is 5.91 Å². The van der Waals surface area contributed by atoms with Gasteiger partial charge in [0.25, 0.3) is 0 Å². The number of carbonyl (C=O) groups is 1. The van der Waals surface area contributed by atoms with E-state index in [1.165, 1.54) is 31.4 Å². The molecular formula is C24H33F3N2O2S. The van der Waals surface area contributed by atoms with E-state index >= 15 is 0 Å². The number of rotatable bonds is 7. The fourth-order valence-corrected chi connectivity index (χ4v) is 6.95. The zero-order chi connectivity index (χ0) is 22.9. The average molecular weight is 471 g/mol. The highest BCUT2D eigenvalue weighted by Crippen LogP contribution is 2.46. The minimum Gasteiger partial charge on any atom is -0.405 e. The Morgan fingerprint density at radius 3 is 2.59 bits per heavy atom. The van der Waals surface area contributed by atoms with E-state index < -0.39 is 11.9 Å². The third-order valence-electron chi connectivity index (χ3n) is 7.62. The average Bonchev–Trinajstić information content (AvgIpc) is 2.68. The van der Waals surface area contributed by atoms with Gasteiger partial charge in [0.05, 0.1) is 4.90 Å². The van der Waals surface area contributed by atoms with E-state index in [9.17, 15) is 18.0 Å². The third kappa shape index (κ3) is 5.22. The summed E-state index contributed by atoms with van der Waals surface area (Å²) >= 11 is 1.05. The molecule has 32 heavy (non-hydrogen) atoms. The molecule has 1 aromatic carbocycles. The molecule has 3 aliphatic rings. The molecule has 178 valence electrons. The van der Waals surface area contributed by atoms with Gasteiger partial charge in [0.15, 0.2) is 0 Å². The molecule has 2 bridgehead atoms. The summed E-state index contributed by atoms with van der Waals surface area (Å²) in [6, 6.07) is 6.22. The Bertz CT molecular complexity index is 813. The highest BCUT2D eigenvalue weighted by molar-refractivity contribution is 7.97. The van der Waals surface area contributed by atoms with Crippen LogP contribution in [-0.2, 0) is 4.79 Å². The van der Waals surface area contributed by atoms with Crippen molar-refractivity contribution in [3.05, 3.63) is 24.3 Å². The predicted octanol–water partition coefficient (Wildman–Crippen LogP) is 6.07. The van der Waals surface area contributed by atoms with Gasteiger partial charge in [-0.3, -0.25) is 4.79 Å². The van der Waals surface area contributed by atoms with Crippen LogP contribution < -0.4 is 14.8 Å². The quantitative estimate of drug-likeness (QED) is 0.475. The van der Waals surface area contributed by atoms with Crippen LogP contribution in [0.5, 0.6) is 5.75 Å². The first-order valence-corrected chi connectivity index (χ1v) is 12.6. The first-order valence-electron chi connectivity index (χ1n) is 11.8. The fourth-order valence-electron chi connectivity index (χ4n) is 6.00. The van der Waals surface area contributed by atoms with Gasteiger partial charge in [-0.2, -0.15) is 0 Å². The molecular weight excluding hydrogens is 437 g/mol. The predicted molar refractivity (Wildman–Crippen MR) is 119 cm³/mol. The topological polar surface area (TPSA) is 50.4 Å². The van der Waals surface area contributed by atoms with Crippen molar-refractivity contribution in [2.45, 2.75) is 88.1 Å². The van der Waals surface area contributed by atoms with E-state index in [1.54, 1.807) is 12.1 Å². The third-order valence-corrected chi connectivity index (χ3v) is 8.67. The first-order chi connectivity index (χ1) is 15.2. The fraction of sp³-hybridized carbons (Fsp3) is 0.708. The van der Waals surface area contributed by atoms with Gasteiger partial charge in [-0.05, 0) is 92.7 Å². The first kappa shape index (κ1) is 23.7. The maximum atomic E-state index is 13.5. The van der Waals surface area contributed by atoms with Crippen molar-refractivity contribution >= 4 is 17.9 Å². The Morgan fingerprint density at radius 2 is 1.94 bits per heavy atom. The molecule has 0 aliphatic heterocycles. The molecule has 0 aromatic heterocycles. The molecule has 4 rings (SSSR count). The van der Waals surface area contributed by atoms with Crippen LogP contribution in [0.3, 0.4) is 0 Å². The zero-order valence-corrected chi connectivity index (χ0v) is 19.5. The van der Waals surface area contributed by atoms with Gasteiger partial charge < -0.3 is 10.1 Å². The molecule has 4 nitrogen and oxygen atoms in total. The molecule has 8 heteroatoms. The Balaban J connectivity index is 1.44. The normalized spacial score (nSPS) is 31.5. The number of hydrogen-bond acceptors (Lipinski definition) is 4. The van der Waals surface area contributed by atoms with Crippen molar-refractivity contribution in [1.29, 1.82) is 0 Å². The van der Waals surface area contributed by atoms with Crippen molar-refractivity contribution in [2.24, 2.45) is 23.7 Å². The second kappa shape index (κ2) is 9.45. The summed E-state index contributed by atoms with van der Waals surface area (Å²) in [7, 11) is 0. The molecule has 0 heterocycles. The lowest BCUT2D eigenvalue weighted by Gasteiger charge is -2.49. The maximum absolute atomic E-state index is 13.5. The van der Waals surface area contributed by atoms with Gasteiger partial charge in [-0.15, -0.1) is 13.2 Å². The molecule has 3 fully saturated rings. The molecule has 0 saturated heterocycles. The van der Waals surface area contributed by atoms with Crippen LogP contribution in [0, 0.1) is 23.7 Å². The van der Waals surface area contributed by atoms with Gasteiger partial charge in [0, 0.05) is 6.04 Å². The van der Waals surface area contributed by atoms with E-state index in [1.807, 2.05) is 0 Å². The number of amides is 1. The number of nitrogens with one attached hydrogen (secondary N) is 2. The number of para-hydroxylation sites is 1. The van der Waals surface area contributed by atoms with Crippen molar-refractivity contribution in [2.75, 3.05) is 0 Å². The van der Waals surface area contributed by atoms with Crippen LogP contribution in [0.2, 0.25) is 0 Å². The Kier molecular flexibility index (Phi) is 7.01. The van der Waals surface area contributed by atoms with Crippen LogP contribution in [0.25, 0.3) is 0 Å². The lowest BCUT2D eigenvalue weighted by molar-refractivity contribution is -0.275. The SMILES string of the molecule is CCC1CC2CC(C)CC(C2)C1NC(=O)C1(NSc2ccccc2OC(F)(F)F)CCC1. The van der Waals surface area contributed by atoms with Gasteiger partial charge in [-0.1, -0.05) is 32.4 Å². The van der Waals surface area contributed by atoms with Crippen molar-refractivity contribution < 1.29 is 22.7 Å². The lowest BCUT2D eigenvalue weighted by atomic mass is 9.62. The van der Waals surface area contributed by atoms with E-state index in [0.29, 0.717) is 35.5 Å². The summed E-state index contributed by atoms with van der Waals surface area (Å²) in [5, 5.41) is 3.40. The summed E-state index contributed by atoms with van der Waals surface area (Å²) < 4.78 is 45.6. The monoisotopic (exact) mass is 470 g/mol. The van der Waals surface area contributed by atoms with E-state index in [4.69, 9.17) is 0 Å². The molecule has 5 atom stereocenters. The van der Waals surface area contributed by atoms with Crippen LogP contribution in [0.1, 0.15) is 65.2 Å². The summed E-state index contributed by atoms with van der Waals surface area (Å²) in [5.74, 6) is 2.24. The number of alkyl halides is 3. The van der Waals surface area contributed by atoms with Gasteiger partial charge in [0.1, 0.15) is 11.3 Å². The summed E-state index contributed by atoms with van der Waals surface area (Å²) in [5.41, 5.74) is -0.745. The standard InChI is InChI=1S/C24H33F3N2O2S/c1-3-17-13-16-11-15(2)12-18(14-16)21(17)28-22(30)23(9-6-10-23)29-32-20-8-5-4-7-19(20)31-24(25,26)27/h4-5,7-8,15-18,21,29H,3,6,9-14H2,1-2H3,(H,28,30). The lowest BCUT2D eigenvalue weighted by Crippen LogP contribution is -2.63. The van der Waals surface area contributed by atoms with Crippen molar-refractivity contribution in [1.82, 2.24) is 10.0 Å². The second-order valence-electron chi connectivity index (χ2n) is 9.98. The van der Waals surface area contributed by atoms with E-state index in [0.717, 1.165) is 37.1 Å². The molecule has 5 unspecified atom stereocenters. The highest BCUT2D eigenvalue weighted by Gasteiger charge is 2.48. The van der Waals surface area contributed by atoms with Crippen LogP contribution in [-0.4, -0.2) is 23.9 Å². The Labute approximate surface area is 192 Å². The number of fused-ring (bicyclic) bond motifs is 2. The Morgan fingerprint density at radius 1 is 1.19 bits per heavy atom. The molecule has 2 N–H and O–H groups in total. The second-order valence-corrected chi connectivity index (χ2v) is 10.8. The Hall–Kier alpha value is -1.41.